The fraction of sp³-hybridized carbons (Fsp3) is 0.583. The lowest BCUT2D eigenvalue weighted by molar-refractivity contribution is 0.0696. The normalized spacial score (nSPS) is 20.4. The van der Waals surface area contributed by atoms with Crippen LogP contribution in [0.25, 0.3) is 0 Å². The third kappa shape index (κ3) is 3.78. The molecule has 0 spiro atoms. The molecule has 1 atom stereocenters. The Morgan fingerprint density at radius 2 is 2.47 bits per heavy atom. The van der Waals surface area contributed by atoms with Gasteiger partial charge in [0.05, 0.1) is 12.1 Å². The molecule has 0 aliphatic carbocycles. The zero-order valence-corrected chi connectivity index (χ0v) is 10.5. The quantitative estimate of drug-likeness (QED) is 0.845. The zero-order chi connectivity index (χ0) is 12.1. The molecule has 2 heterocycles. The average molecular weight is 255 g/mol. The second-order valence-corrected chi connectivity index (χ2v) is 5.63. The van der Waals surface area contributed by atoms with E-state index in [0.717, 1.165) is 6.54 Å². The van der Waals surface area contributed by atoms with Crippen LogP contribution >= 0.6 is 11.8 Å². The minimum Gasteiger partial charge on any atom is -0.478 e. The number of rotatable bonds is 5. The summed E-state index contributed by atoms with van der Waals surface area (Å²) in [7, 11) is 0. The van der Waals surface area contributed by atoms with Crippen LogP contribution in [0.3, 0.4) is 0 Å². The lowest BCUT2D eigenvalue weighted by Gasteiger charge is -2.21. The third-order valence-electron chi connectivity index (χ3n) is 2.85. The molecule has 94 valence electrons. The lowest BCUT2D eigenvalue weighted by atomic mass is 10.2. The number of hydrogen-bond donors (Lipinski definition) is 2. The Labute approximate surface area is 105 Å². The van der Waals surface area contributed by atoms with Crippen LogP contribution in [-0.2, 0) is 6.54 Å². The number of nitrogens with one attached hydrogen (secondary N) is 1. The highest BCUT2D eigenvalue weighted by molar-refractivity contribution is 7.99. The van der Waals surface area contributed by atoms with Crippen molar-refractivity contribution < 1.29 is 14.3 Å². The van der Waals surface area contributed by atoms with Gasteiger partial charge in [0.15, 0.2) is 0 Å². The molecule has 0 aromatic carbocycles. The van der Waals surface area contributed by atoms with Gasteiger partial charge in [-0.15, -0.1) is 0 Å². The molecule has 2 N–H and O–H groups in total. The maximum atomic E-state index is 10.7. The maximum Gasteiger partial charge on any atom is 0.338 e. The van der Waals surface area contributed by atoms with Gasteiger partial charge in [0.25, 0.3) is 0 Å². The molecule has 0 saturated carbocycles. The summed E-state index contributed by atoms with van der Waals surface area (Å²) in [4.78, 5) is 10.7. The molecule has 1 unspecified atom stereocenters. The Morgan fingerprint density at radius 3 is 3.12 bits per heavy atom. The van der Waals surface area contributed by atoms with Crippen LogP contribution in [0, 0.1) is 0 Å². The Balaban J connectivity index is 1.71. The van der Waals surface area contributed by atoms with Crippen LogP contribution in [-0.4, -0.2) is 28.6 Å². The van der Waals surface area contributed by atoms with Crippen LogP contribution in [0.5, 0.6) is 0 Å². The van der Waals surface area contributed by atoms with Crippen molar-refractivity contribution >= 4 is 17.7 Å². The fourth-order valence-electron chi connectivity index (χ4n) is 1.91. The maximum absolute atomic E-state index is 10.7. The van der Waals surface area contributed by atoms with Crippen molar-refractivity contribution in [3.05, 3.63) is 23.7 Å². The van der Waals surface area contributed by atoms with E-state index in [9.17, 15) is 4.79 Å². The molecule has 1 aliphatic heterocycles. The van der Waals surface area contributed by atoms with Gasteiger partial charge < -0.3 is 14.8 Å². The van der Waals surface area contributed by atoms with Crippen molar-refractivity contribution in [1.29, 1.82) is 0 Å². The Kier molecular flexibility index (Phi) is 4.50. The molecule has 2 rings (SSSR count). The highest BCUT2D eigenvalue weighted by atomic mass is 32.2. The molecule has 0 radical (unpaired) electrons. The zero-order valence-electron chi connectivity index (χ0n) is 9.65. The van der Waals surface area contributed by atoms with Crippen molar-refractivity contribution in [3.63, 3.8) is 0 Å². The highest BCUT2D eigenvalue weighted by Gasteiger charge is 2.13. The molecule has 17 heavy (non-hydrogen) atoms. The summed E-state index contributed by atoms with van der Waals surface area (Å²) in [6.07, 6.45) is 5.22. The molecule has 0 amide bonds. The Morgan fingerprint density at radius 1 is 1.59 bits per heavy atom. The Hall–Kier alpha value is -0.940. The van der Waals surface area contributed by atoms with Crippen molar-refractivity contribution in [2.75, 3.05) is 12.3 Å². The summed E-state index contributed by atoms with van der Waals surface area (Å²) in [6.45, 7) is 1.57. The topological polar surface area (TPSA) is 62.5 Å². The molecule has 1 aromatic heterocycles. The molecule has 1 aromatic rings. The van der Waals surface area contributed by atoms with E-state index in [-0.39, 0.29) is 5.56 Å². The van der Waals surface area contributed by atoms with E-state index in [1.54, 1.807) is 6.07 Å². The van der Waals surface area contributed by atoms with Crippen LogP contribution in [0.1, 0.15) is 35.4 Å². The first-order valence-corrected chi connectivity index (χ1v) is 6.93. The SMILES string of the molecule is O=C(O)c1coc(CNCC2CCCCS2)c1. The van der Waals surface area contributed by atoms with Gasteiger partial charge in [0, 0.05) is 11.8 Å². The molecular formula is C12H17NO3S. The van der Waals surface area contributed by atoms with E-state index in [0.29, 0.717) is 17.6 Å². The second-order valence-electron chi connectivity index (χ2n) is 4.23. The molecular weight excluding hydrogens is 238 g/mol. The Bertz CT molecular complexity index is 372. The van der Waals surface area contributed by atoms with E-state index in [4.69, 9.17) is 9.52 Å². The van der Waals surface area contributed by atoms with Gasteiger partial charge >= 0.3 is 5.97 Å². The number of carboxylic acid groups (broad SMARTS) is 1. The minimum atomic E-state index is -0.942. The summed E-state index contributed by atoms with van der Waals surface area (Å²) < 4.78 is 5.17. The van der Waals surface area contributed by atoms with E-state index in [1.807, 2.05) is 11.8 Å². The molecule has 4 nitrogen and oxygen atoms in total. The average Bonchev–Trinajstić information content (AvgIpc) is 2.79. The summed E-state index contributed by atoms with van der Waals surface area (Å²) in [5, 5.41) is 12.8. The van der Waals surface area contributed by atoms with Crippen molar-refractivity contribution in [2.24, 2.45) is 0 Å². The second kappa shape index (κ2) is 6.12. The molecule has 0 bridgehead atoms. The van der Waals surface area contributed by atoms with Gasteiger partial charge in [-0.3, -0.25) is 0 Å². The number of hydrogen-bond acceptors (Lipinski definition) is 4. The van der Waals surface area contributed by atoms with Crippen LogP contribution in [0.2, 0.25) is 0 Å². The first-order chi connectivity index (χ1) is 8.25. The van der Waals surface area contributed by atoms with E-state index >= 15 is 0 Å². The predicted octanol–water partition coefficient (Wildman–Crippen LogP) is 2.35. The first-order valence-electron chi connectivity index (χ1n) is 5.89. The minimum absolute atomic E-state index is 0.217. The fourth-order valence-corrected chi connectivity index (χ4v) is 3.18. The van der Waals surface area contributed by atoms with E-state index in [1.165, 1.54) is 31.3 Å². The van der Waals surface area contributed by atoms with Gasteiger partial charge in [-0.25, -0.2) is 4.79 Å². The van der Waals surface area contributed by atoms with Crippen molar-refractivity contribution in [1.82, 2.24) is 5.32 Å². The molecule has 1 saturated heterocycles. The van der Waals surface area contributed by atoms with Crippen molar-refractivity contribution in [2.45, 2.75) is 31.1 Å². The molecule has 1 fully saturated rings. The van der Waals surface area contributed by atoms with Gasteiger partial charge in [-0.2, -0.15) is 11.8 Å². The van der Waals surface area contributed by atoms with Gasteiger partial charge in [-0.1, -0.05) is 6.42 Å². The van der Waals surface area contributed by atoms with Crippen LogP contribution in [0.4, 0.5) is 0 Å². The number of thioether (sulfide) groups is 1. The summed E-state index contributed by atoms with van der Waals surface area (Å²) in [6, 6.07) is 1.57. The number of aromatic carboxylic acids is 1. The third-order valence-corrected chi connectivity index (χ3v) is 4.24. The van der Waals surface area contributed by atoms with Crippen LogP contribution in [0.15, 0.2) is 16.7 Å². The highest BCUT2D eigenvalue weighted by Crippen LogP contribution is 2.24. The smallest absolute Gasteiger partial charge is 0.338 e. The van der Waals surface area contributed by atoms with Gasteiger partial charge in [0.1, 0.15) is 12.0 Å². The number of carboxylic acids is 1. The summed E-state index contributed by atoms with van der Waals surface area (Å²) in [5.74, 6) is 1.00. The standard InChI is InChI=1S/C12H17NO3S/c14-12(15)9-5-10(16-8-9)6-13-7-11-3-1-2-4-17-11/h5,8,11,13H,1-4,6-7H2,(H,14,15). The largest absolute Gasteiger partial charge is 0.478 e. The van der Waals surface area contributed by atoms with Crippen LogP contribution < -0.4 is 5.32 Å². The molecule has 5 heteroatoms. The summed E-state index contributed by atoms with van der Waals surface area (Å²) >= 11 is 2.02. The predicted molar refractivity (Wildman–Crippen MR) is 67.5 cm³/mol. The number of furan rings is 1. The van der Waals surface area contributed by atoms with Crippen molar-refractivity contribution in [3.8, 4) is 0 Å². The number of carbonyl (C=O) groups is 1. The summed E-state index contributed by atoms with van der Waals surface area (Å²) in [5.41, 5.74) is 0.217. The monoisotopic (exact) mass is 255 g/mol. The molecule has 1 aliphatic rings. The van der Waals surface area contributed by atoms with Gasteiger partial charge in [0.2, 0.25) is 0 Å². The first kappa shape index (κ1) is 12.5. The van der Waals surface area contributed by atoms with E-state index in [2.05, 4.69) is 5.32 Å². The van der Waals surface area contributed by atoms with E-state index < -0.39 is 5.97 Å². The van der Waals surface area contributed by atoms with Gasteiger partial charge in [-0.05, 0) is 24.7 Å². The lowest BCUT2D eigenvalue weighted by Crippen LogP contribution is -2.26.